The van der Waals surface area contributed by atoms with Gasteiger partial charge in [0.25, 0.3) is 0 Å². The Morgan fingerprint density at radius 1 is 1.08 bits per heavy atom. The van der Waals surface area contributed by atoms with Gasteiger partial charge in [0, 0.05) is 30.0 Å². The van der Waals surface area contributed by atoms with Crippen molar-refractivity contribution >= 4 is 12.9 Å². The lowest BCUT2D eigenvalue weighted by atomic mass is 10.0. The van der Waals surface area contributed by atoms with Crippen LogP contribution >= 0.6 is 7.14 Å². The molecule has 0 aliphatic carbocycles. The Kier molecular flexibility index (Phi) is 7.17. The highest BCUT2D eigenvalue weighted by atomic mass is 31.2. The maximum absolute atomic E-state index is 13.7. The zero-order valence-electron chi connectivity index (χ0n) is 15.1. The Morgan fingerprint density at radius 3 is 2.31 bits per heavy atom. The molecule has 0 amide bonds. The highest BCUT2D eigenvalue weighted by Gasteiger charge is 2.34. The van der Waals surface area contributed by atoms with Crippen LogP contribution in [0.15, 0.2) is 79.9 Å². The maximum atomic E-state index is 13.7. The molecule has 4 heteroatoms. The van der Waals surface area contributed by atoms with E-state index in [-0.39, 0.29) is 12.2 Å². The zero-order chi connectivity index (χ0) is 19.0. The molecule has 0 N–H and O–H groups in total. The highest BCUT2D eigenvalue weighted by molar-refractivity contribution is 7.64. The third kappa shape index (κ3) is 4.83. The Bertz CT molecular complexity index is 797. The van der Waals surface area contributed by atoms with Crippen molar-refractivity contribution in [2.45, 2.75) is 12.1 Å². The summed E-state index contributed by atoms with van der Waals surface area (Å²) in [5.41, 5.74) is 1.08. The first-order valence-electron chi connectivity index (χ1n) is 8.56. The van der Waals surface area contributed by atoms with Gasteiger partial charge in [-0.1, -0.05) is 54.6 Å². The molecule has 0 spiro atoms. The first-order valence-corrected chi connectivity index (χ1v) is 10.7. The van der Waals surface area contributed by atoms with Crippen LogP contribution in [0.3, 0.4) is 0 Å². The van der Waals surface area contributed by atoms with E-state index in [2.05, 4.69) is 13.2 Å². The molecule has 3 nitrogen and oxygen atoms in total. The summed E-state index contributed by atoms with van der Waals surface area (Å²) >= 11 is 0. The molecule has 26 heavy (non-hydrogen) atoms. The molecule has 1 atom stereocenters. The van der Waals surface area contributed by atoms with Gasteiger partial charge in [-0.3, -0.25) is 4.79 Å². The molecule has 0 aliphatic heterocycles. The Morgan fingerprint density at radius 2 is 1.73 bits per heavy atom. The monoisotopic (exact) mass is 368 g/mol. The van der Waals surface area contributed by atoms with Crippen molar-refractivity contribution in [1.82, 2.24) is 0 Å². The van der Waals surface area contributed by atoms with Crippen LogP contribution in [-0.4, -0.2) is 25.2 Å². The number of rotatable bonds is 10. The molecule has 0 aliphatic rings. The molecule has 0 aromatic heterocycles. The van der Waals surface area contributed by atoms with Crippen LogP contribution in [0.5, 0.6) is 5.75 Å². The minimum atomic E-state index is -2.77. The fraction of sp³-hybridized carbons (Fsp3) is 0.227. The normalized spacial score (nSPS) is 12.2. The molecule has 0 fully saturated rings. The van der Waals surface area contributed by atoms with Gasteiger partial charge in [-0.15, -0.1) is 13.2 Å². The average Bonchev–Trinajstić information content (AvgIpc) is 2.67. The molecule has 0 radical (unpaired) electrons. The van der Waals surface area contributed by atoms with Crippen molar-refractivity contribution in [1.29, 1.82) is 0 Å². The minimum absolute atomic E-state index is 0.0215. The van der Waals surface area contributed by atoms with E-state index in [1.165, 1.54) is 0 Å². The number of allylic oxidation sites excluding steroid dienone is 2. The van der Waals surface area contributed by atoms with Crippen molar-refractivity contribution in [2.75, 3.05) is 19.4 Å². The Hall–Kier alpha value is -2.38. The van der Waals surface area contributed by atoms with Crippen LogP contribution in [0, 0.1) is 0 Å². The SMILES string of the molecule is C=CCP(=O)(CC=C)[C@@H](CC(=O)c1ccccc1)c1cccc(OC)c1. The summed E-state index contributed by atoms with van der Waals surface area (Å²) in [6, 6.07) is 16.6. The largest absolute Gasteiger partial charge is 0.497 e. The Labute approximate surface area is 155 Å². The second-order valence-electron chi connectivity index (χ2n) is 6.18. The number of methoxy groups -OCH3 is 1. The van der Waals surface area contributed by atoms with Crippen LogP contribution in [0.25, 0.3) is 0 Å². The molecule has 0 bridgehead atoms. The number of benzene rings is 2. The standard InChI is InChI=1S/C22H25O3P/c1-4-14-26(24,15-5-2)22(19-12-9-13-20(16-19)25-3)17-21(23)18-10-7-6-8-11-18/h4-13,16,22H,1-2,14-15,17H2,3H3/t22-/m0/s1. The van der Waals surface area contributed by atoms with E-state index in [1.807, 2.05) is 42.5 Å². The van der Waals surface area contributed by atoms with Crippen molar-refractivity contribution in [3.63, 3.8) is 0 Å². The first-order chi connectivity index (χ1) is 12.5. The van der Waals surface area contributed by atoms with E-state index in [4.69, 9.17) is 4.74 Å². The predicted octanol–water partition coefficient (Wildman–Crippen LogP) is 5.74. The maximum Gasteiger partial charge on any atom is 0.163 e. The van der Waals surface area contributed by atoms with Crippen LogP contribution in [0.2, 0.25) is 0 Å². The lowest BCUT2D eigenvalue weighted by Crippen LogP contribution is -2.11. The predicted molar refractivity (Wildman–Crippen MR) is 109 cm³/mol. The van der Waals surface area contributed by atoms with E-state index < -0.39 is 12.8 Å². The molecular formula is C22H25O3P. The summed E-state index contributed by atoms with van der Waals surface area (Å²) in [6.07, 6.45) is 4.25. The topological polar surface area (TPSA) is 43.4 Å². The van der Waals surface area contributed by atoms with Crippen LogP contribution in [-0.2, 0) is 4.57 Å². The van der Waals surface area contributed by atoms with Crippen molar-refractivity contribution in [2.24, 2.45) is 0 Å². The molecule has 0 saturated carbocycles. The molecule has 2 rings (SSSR count). The van der Waals surface area contributed by atoms with Gasteiger partial charge in [0.2, 0.25) is 0 Å². The fourth-order valence-electron chi connectivity index (χ4n) is 3.09. The van der Waals surface area contributed by atoms with Crippen molar-refractivity contribution in [3.8, 4) is 5.75 Å². The van der Waals surface area contributed by atoms with Crippen LogP contribution in [0.1, 0.15) is 28.0 Å². The number of Topliss-reactive ketones (excluding diaryl/α,β-unsaturated/α-hetero) is 1. The molecule has 0 heterocycles. The highest BCUT2D eigenvalue weighted by Crippen LogP contribution is 2.61. The minimum Gasteiger partial charge on any atom is -0.497 e. The number of hydrogen-bond donors (Lipinski definition) is 0. The molecule has 2 aromatic carbocycles. The smallest absolute Gasteiger partial charge is 0.163 e. The van der Waals surface area contributed by atoms with Crippen LogP contribution < -0.4 is 4.74 Å². The Balaban J connectivity index is 2.46. The number of carbonyl (C=O) groups is 1. The van der Waals surface area contributed by atoms with Crippen LogP contribution in [0.4, 0.5) is 0 Å². The summed E-state index contributed by atoms with van der Waals surface area (Å²) in [4.78, 5) is 12.8. The molecule has 0 unspecified atom stereocenters. The second-order valence-corrected chi connectivity index (χ2v) is 9.44. The third-order valence-electron chi connectivity index (χ3n) is 4.40. The fourth-order valence-corrected chi connectivity index (χ4v) is 5.82. The van der Waals surface area contributed by atoms with Gasteiger partial charge in [0.1, 0.15) is 12.9 Å². The van der Waals surface area contributed by atoms with E-state index in [1.54, 1.807) is 31.4 Å². The van der Waals surface area contributed by atoms with Gasteiger partial charge in [-0.05, 0) is 17.7 Å². The first kappa shape index (κ1) is 19.9. The number of carbonyl (C=O) groups excluding carboxylic acids is 1. The number of hydrogen-bond acceptors (Lipinski definition) is 3. The van der Waals surface area contributed by atoms with Gasteiger partial charge in [-0.25, -0.2) is 0 Å². The molecule has 0 saturated heterocycles. The lowest BCUT2D eigenvalue weighted by Gasteiger charge is -2.27. The van der Waals surface area contributed by atoms with E-state index in [0.717, 1.165) is 5.56 Å². The van der Waals surface area contributed by atoms with Crippen molar-refractivity contribution < 1.29 is 14.1 Å². The molecular weight excluding hydrogens is 343 g/mol. The third-order valence-corrected chi connectivity index (χ3v) is 7.77. The van der Waals surface area contributed by atoms with E-state index in [9.17, 15) is 9.36 Å². The van der Waals surface area contributed by atoms with Gasteiger partial charge < -0.3 is 9.30 Å². The summed E-state index contributed by atoms with van der Waals surface area (Å²) in [5, 5.41) is 0. The molecule has 2 aromatic rings. The summed E-state index contributed by atoms with van der Waals surface area (Å²) in [7, 11) is -1.17. The van der Waals surface area contributed by atoms with E-state index >= 15 is 0 Å². The second kappa shape index (κ2) is 9.35. The van der Waals surface area contributed by atoms with Gasteiger partial charge in [-0.2, -0.15) is 0 Å². The average molecular weight is 368 g/mol. The summed E-state index contributed by atoms with van der Waals surface area (Å²) in [6.45, 7) is 7.52. The van der Waals surface area contributed by atoms with Crippen molar-refractivity contribution in [3.05, 3.63) is 91.0 Å². The molecule has 136 valence electrons. The summed E-state index contributed by atoms with van der Waals surface area (Å²) < 4.78 is 19.1. The zero-order valence-corrected chi connectivity index (χ0v) is 16.0. The number of ether oxygens (including phenoxy) is 1. The summed E-state index contributed by atoms with van der Waals surface area (Å²) in [5.74, 6) is 0.662. The van der Waals surface area contributed by atoms with Gasteiger partial charge in [0.15, 0.2) is 5.78 Å². The quantitative estimate of drug-likeness (QED) is 0.305. The lowest BCUT2D eigenvalue weighted by molar-refractivity contribution is 0.0980. The number of ketones is 1. The van der Waals surface area contributed by atoms with Gasteiger partial charge in [0.05, 0.1) is 7.11 Å². The van der Waals surface area contributed by atoms with Gasteiger partial charge >= 0.3 is 0 Å². The van der Waals surface area contributed by atoms with E-state index in [0.29, 0.717) is 23.6 Å².